The van der Waals surface area contributed by atoms with Gasteiger partial charge >= 0.3 is 39.5 Å². The number of aliphatic hydroxyl groups is 1. The van der Waals surface area contributed by atoms with Crippen LogP contribution in [-0.2, 0) is 65.4 Å². The van der Waals surface area contributed by atoms with Crippen molar-refractivity contribution in [2.24, 2.45) is 11.8 Å². The molecule has 0 saturated carbocycles. The predicted octanol–water partition coefficient (Wildman–Crippen LogP) is 21.2. The summed E-state index contributed by atoms with van der Waals surface area (Å²) in [6.07, 6.45) is 51.1. The molecule has 0 aliphatic carbocycles. The smallest absolute Gasteiger partial charge is 0.462 e. The van der Waals surface area contributed by atoms with Gasteiger partial charge in [0.1, 0.15) is 19.3 Å². The Hall–Kier alpha value is -1.94. The monoisotopic (exact) mass is 1350 g/mol. The van der Waals surface area contributed by atoms with Crippen LogP contribution in [0.15, 0.2) is 0 Å². The van der Waals surface area contributed by atoms with Gasteiger partial charge in [0.25, 0.3) is 0 Å². The molecule has 0 rings (SSSR count). The van der Waals surface area contributed by atoms with Crippen LogP contribution in [0, 0.1) is 11.8 Å². The van der Waals surface area contributed by atoms with Gasteiger partial charge in [0.15, 0.2) is 12.2 Å². The van der Waals surface area contributed by atoms with E-state index in [0.29, 0.717) is 25.7 Å². The second kappa shape index (κ2) is 65.0. The van der Waals surface area contributed by atoms with Crippen LogP contribution in [0.3, 0.4) is 0 Å². The van der Waals surface area contributed by atoms with Gasteiger partial charge in [0.05, 0.1) is 26.4 Å². The van der Waals surface area contributed by atoms with Crippen molar-refractivity contribution in [2.45, 2.75) is 394 Å². The lowest BCUT2D eigenvalue weighted by Gasteiger charge is -2.21. The summed E-state index contributed by atoms with van der Waals surface area (Å²) in [5, 5.41) is 10.6. The molecule has 0 heterocycles. The maximum absolute atomic E-state index is 13.1. The molecule has 0 saturated heterocycles. The molecule has 0 radical (unpaired) electrons. The van der Waals surface area contributed by atoms with Crippen molar-refractivity contribution in [3.63, 3.8) is 0 Å². The number of ether oxygens (including phenoxy) is 4. The molecule has 0 aromatic carbocycles. The van der Waals surface area contributed by atoms with Crippen LogP contribution in [0.5, 0.6) is 0 Å². The first-order chi connectivity index (χ1) is 44.4. The number of hydrogen-bond donors (Lipinski definition) is 3. The highest BCUT2D eigenvalue weighted by atomic mass is 31.2. The number of phosphoric acid groups is 2. The average Bonchev–Trinajstić information content (AvgIpc) is 1.61. The maximum atomic E-state index is 13.1. The maximum Gasteiger partial charge on any atom is 0.472 e. The highest BCUT2D eigenvalue weighted by Crippen LogP contribution is 2.45. The van der Waals surface area contributed by atoms with E-state index in [4.69, 9.17) is 37.0 Å². The molecule has 546 valence electrons. The van der Waals surface area contributed by atoms with Gasteiger partial charge in [-0.3, -0.25) is 37.3 Å². The quantitative estimate of drug-likeness (QED) is 0.0222. The molecular formula is C73H142O17P2. The molecule has 3 N–H and O–H groups in total. The van der Waals surface area contributed by atoms with E-state index in [2.05, 4.69) is 41.5 Å². The summed E-state index contributed by atoms with van der Waals surface area (Å²) in [5.74, 6) is -0.522. The van der Waals surface area contributed by atoms with Gasteiger partial charge in [-0.25, -0.2) is 9.13 Å². The molecule has 0 bridgehead atoms. The van der Waals surface area contributed by atoms with Crippen LogP contribution >= 0.6 is 15.6 Å². The highest BCUT2D eigenvalue weighted by molar-refractivity contribution is 7.47. The Balaban J connectivity index is 5.25. The number of esters is 4. The molecule has 17 nitrogen and oxygen atoms in total. The largest absolute Gasteiger partial charge is 0.472 e. The second-order valence-corrected chi connectivity index (χ2v) is 30.0. The fraction of sp³-hybridized carbons (Fsp3) is 0.945. The normalized spacial score (nSPS) is 14.4. The number of carbonyl (C=O) groups excluding carboxylic acids is 4. The first kappa shape index (κ1) is 90.1. The number of carbonyl (C=O) groups is 4. The summed E-state index contributed by atoms with van der Waals surface area (Å²) in [7, 11) is -9.90. The van der Waals surface area contributed by atoms with Crippen molar-refractivity contribution in [3.8, 4) is 0 Å². The molecular weight excluding hydrogens is 1210 g/mol. The minimum Gasteiger partial charge on any atom is -0.462 e. The van der Waals surface area contributed by atoms with Gasteiger partial charge in [0.2, 0.25) is 0 Å². The Kier molecular flexibility index (Phi) is 63.7. The van der Waals surface area contributed by atoms with Crippen molar-refractivity contribution >= 4 is 39.5 Å². The summed E-state index contributed by atoms with van der Waals surface area (Å²) >= 11 is 0. The van der Waals surface area contributed by atoms with Gasteiger partial charge < -0.3 is 33.8 Å². The van der Waals surface area contributed by atoms with Gasteiger partial charge in [-0.15, -0.1) is 0 Å². The standard InChI is InChI=1S/C73H142O17P2/c1-7-10-12-14-16-18-20-25-33-39-45-51-57-72(77)89-68(61-83-70(75)55-49-43-37-31-19-17-15-13-11-8-2)63-87-91(79,80)85-59-67(74)60-86-92(81,82)88-64-69(62-84-71(76)56-50-44-38-32-28-27-30-36-42-48-54-66(6)9-3)90-73(78)58-52-46-40-34-26-23-21-22-24-29-35-41-47-53-65(4)5/h65-69,74H,7-64H2,1-6H3,(H,79,80)(H,81,82)/t66?,67-,68+,69+/m0/s1. The van der Waals surface area contributed by atoms with E-state index in [1.807, 2.05) is 0 Å². The van der Waals surface area contributed by atoms with E-state index >= 15 is 0 Å². The number of rotatable bonds is 72. The lowest BCUT2D eigenvalue weighted by Crippen LogP contribution is -2.30. The zero-order chi connectivity index (χ0) is 67.9. The lowest BCUT2D eigenvalue weighted by atomic mass is 9.99. The molecule has 0 aliphatic rings. The van der Waals surface area contributed by atoms with Gasteiger partial charge in [-0.05, 0) is 37.5 Å². The van der Waals surface area contributed by atoms with E-state index in [1.165, 1.54) is 193 Å². The molecule has 3 unspecified atom stereocenters. The second-order valence-electron chi connectivity index (χ2n) is 27.1. The zero-order valence-electron chi connectivity index (χ0n) is 59.9. The summed E-state index contributed by atoms with van der Waals surface area (Å²) < 4.78 is 68.4. The molecule has 0 aromatic rings. The van der Waals surface area contributed by atoms with Crippen molar-refractivity contribution in [1.29, 1.82) is 0 Å². The topological polar surface area (TPSA) is 237 Å². The molecule has 0 amide bonds. The fourth-order valence-electron chi connectivity index (χ4n) is 11.1. The molecule has 0 fully saturated rings. The molecule has 0 aliphatic heterocycles. The van der Waals surface area contributed by atoms with Crippen molar-refractivity contribution in [2.75, 3.05) is 39.6 Å². The van der Waals surface area contributed by atoms with E-state index in [1.54, 1.807) is 0 Å². The van der Waals surface area contributed by atoms with Crippen molar-refractivity contribution in [3.05, 3.63) is 0 Å². The van der Waals surface area contributed by atoms with Crippen LogP contribution in [0.4, 0.5) is 0 Å². The van der Waals surface area contributed by atoms with Crippen LogP contribution in [-0.4, -0.2) is 96.7 Å². The first-order valence-corrected chi connectivity index (χ1v) is 41.0. The molecule has 0 aromatic heterocycles. The third kappa shape index (κ3) is 65.4. The van der Waals surface area contributed by atoms with Crippen molar-refractivity contribution in [1.82, 2.24) is 0 Å². The predicted molar refractivity (Wildman–Crippen MR) is 372 cm³/mol. The summed E-state index contributed by atoms with van der Waals surface area (Å²) in [5.41, 5.74) is 0. The average molecular weight is 1350 g/mol. The minimum absolute atomic E-state index is 0.107. The Morgan fingerprint density at radius 3 is 0.826 bits per heavy atom. The van der Waals surface area contributed by atoms with E-state index in [0.717, 1.165) is 102 Å². The third-order valence-corrected chi connectivity index (χ3v) is 19.2. The number of phosphoric ester groups is 2. The van der Waals surface area contributed by atoms with Crippen LogP contribution in [0.2, 0.25) is 0 Å². The zero-order valence-corrected chi connectivity index (χ0v) is 61.6. The Morgan fingerprint density at radius 1 is 0.315 bits per heavy atom. The van der Waals surface area contributed by atoms with Gasteiger partial charge in [0, 0.05) is 25.7 Å². The molecule has 6 atom stereocenters. The Morgan fingerprint density at radius 2 is 0.554 bits per heavy atom. The van der Waals surface area contributed by atoms with E-state index in [9.17, 15) is 43.2 Å². The molecule has 92 heavy (non-hydrogen) atoms. The number of unbranched alkanes of at least 4 members (excludes halogenated alkanes) is 41. The Labute approximate surface area is 562 Å². The Bertz CT molecular complexity index is 1790. The fourth-order valence-corrected chi connectivity index (χ4v) is 12.7. The van der Waals surface area contributed by atoms with Crippen LogP contribution in [0.25, 0.3) is 0 Å². The summed E-state index contributed by atoms with van der Waals surface area (Å²) in [6, 6.07) is 0. The van der Waals surface area contributed by atoms with Crippen LogP contribution < -0.4 is 0 Å². The van der Waals surface area contributed by atoms with Crippen molar-refractivity contribution < 1.29 is 80.2 Å². The first-order valence-electron chi connectivity index (χ1n) is 38.0. The third-order valence-electron chi connectivity index (χ3n) is 17.3. The molecule has 0 spiro atoms. The lowest BCUT2D eigenvalue weighted by molar-refractivity contribution is -0.161. The highest BCUT2D eigenvalue weighted by Gasteiger charge is 2.30. The SMILES string of the molecule is CCCCCCCCCCCCCCC(=O)O[C@H](COC(=O)CCCCCCCCCCCC)COP(=O)(O)OC[C@H](O)COP(=O)(O)OC[C@@H](COC(=O)CCCCCCCCCCCCC(C)CC)OC(=O)CCCCCCCCCCCCCCCC(C)C. The van der Waals surface area contributed by atoms with Gasteiger partial charge in [-0.2, -0.15) is 0 Å². The number of aliphatic hydroxyl groups excluding tert-OH is 1. The minimum atomic E-state index is -4.95. The number of hydrogen-bond acceptors (Lipinski definition) is 15. The van der Waals surface area contributed by atoms with Crippen LogP contribution in [0.1, 0.15) is 375 Å². The van der Waals surface area contributed by atoms with Gasteiger partial charge in [-0.1, -0.05) is 324 Å². The summed E-state index contributed by atoms with van der Waals surface area (Å²) in [4.78, 5) is 72.7. The van der Waals surface area contributed by atoms with E-state index in [-0.39, 0.29) is 25.7 Å². The molecule has 19 heteroatoms. The summed E-state index contributed by atoms with van der Waals surface area (Å²) in [6.45, 7) is 9.61. The van der Waals surface area contributed by atoms with E-state index < -0.39 is 97.5 Å².